The van der Waals surface area contributed by atoms with Gasteiger partial charge in [0.05, 0.1) is 0 Å². The van der Waals surface area contributed by atoms with Crippen LogP contribution in [0.15, 0.2) is 11.6 Å². The summed E-state index contributed by atoms with van der Waals surface area (Å²) in [5.74, 6) is 5.17. The maximum Gasteiger partial charge on any atom is 0.407 e. The van der Waals surface area contributed by atoms with Crippen molar-refractivity contribution in [3.63, 3.8) is 0 Å². The van der Waals surface area contributed by atoms with Crippen LogP contribution in [-0.4, -0.2) is 24.8 Å². The number of hydrogen-bond donors (Lipinski definition) is 2. The Bertz CT molecular complexity index is 793. The van der Waals surface area contributed by atoms with Crippen LogP contribution >= 0.6 is 0 Å². The molecule has 0 aliphatic heterocycles. The summed E-state index contributed by atoms with van der Waals surface area (Å²) >= 11 is 0. The SMILES string of the molecule is CC(C)CCC[C@@H](C)[C@H]1CC[C@H]2[C@@H]3CC=C4CC(OC(=O)NC(C)CCN)CC[C@]4(C)[C@H]3CC[C@]12C. The van der Waals surface area contributed by atoms with Gasteiger partial charge in [0.25, 0.3) is 0 Å². The highest BCUT2D eigenvalue weighted by molar-refractivity contribution is 5.67. The first-order valence-electron chi connectivity index (χ1n) is 15.4. The first kappa shape index (κ1) is 28.0. The molecule has 0 radical (unpaired) electrons. The Morgan fingerprint density at radius 2 is 1.83 bits per heavy atom. The van der Waals surface area contributed by atoms with Gasteiger partial charge >= 0.3 is 6.09 Å². The van der Waals surface area contributed by atoms with Gasteiger partial charge in [0.1, 0.15) is 6.10 Å². The maximum atomic E-state index is 12.4. The Morgan fingerprint density at radius 3 is 2.56 bits per heavy atom. The van der Waals surface area contributed by atoms with E-state index in [0.29, 0.717) is 17.4 Å². The van der Waals surface area contributed by atoms with E-state index >= 15 is 0 Å². The van der Waals surface area contributed by atoms with E-state index in [9.17, 15) is 4.79 Å². The van der Waals surface area contributed by atoms with Gasteiger partial charge in [-0.2, -0.15) is 0 Å². The average molecular weight is 501 g/mol. The highest BCUT2D eigenvalue weighted by Gasteiger charge is 2.59. The van der Waals surface area contributed by atoms with Crippen molar-refractivity contribution >= 4 is 6.09 Å². The molecule has 3 saturated carbocycles. The molecule has 2 unspecified atom stereocenters. The Labute approximate surface area is 222 Å². The van der Waals surface area contributed by atoms with E-state index in [0.717, 1.165) is 61.2 Å². The molecular formula is C32H56N2O2. The summed E-state index contributed by atoms with van der Waals surface area (Å²) in [7, 11) is 0. The summed E-state index contributed by atoms with van der Waals surface area (Å²) in [5.41, 5.74) is 8.05. The Morgan fingerprint density at radius 1 is 1.06 bits per heavy atom. The summed E-state index contributed by atoms with van der Waals surface area (Å²) in [6.45, 7) is 15.1. The van der Waals surface area contributed by atoms with Crippen molar-refractivity contribution in [2.24, 2.45) is 52.1 Å². The van der Waals surface area contributed by atoms with Crippen molar-refractivity contribution in [2.75, 3.05) is 6.54 Å². The quantitative estimate of drug-likeness (QED) is 0.317. The second-order valence-corrected chi connectivity index (χ2v) is 14.2. The van der Waals surface area contributed by atoms with Crippen LogP contribution in [-0.2, 0) is 4.74 Å². The standard InChI is InChI=1S/C32H56N2O2/c1-21(2)8-7-9-22(3)27-12-13-28-26-11-10-24-20-25(36-30(35)34-23(4)16-19-33)14-17-31(24,5)29(26)15-18-32(27,28)6/h10,21-23,25-29H,7-9,11-20,33H2,1-6H3,(H,34,35)/t22-,23?,25?,26+,27-,28+,29+,31+,32-/m1/s1. The zero-order chi connectivity index (χ0) is 26.1. The van der Waals surface area contributed by atoms with E-state index in [1.54, 1.807) is 5.57 Å². The summed E-state index contributed by atoms with van der Waals surface area (Å²) in [4.78, 5) is 12.4. The lowest BCUT2D eigenvalue weighted by atomic mass is 9.47. The predicted molar refractivity (Wildman–Crippen MR) is 150 cm³/mol. The van der Waals surface area contributed by atoms with E-state index in [1.807, 2.05) is 6.92 Å². The van der Waals surface area contributed by atoms with Crippen molar-refractivity contribution < 1.29 is 9.53 Å². The second kappa shape index (κ2) is 11.4. The highest BCUT2D eigenvalue weighted by atomic mass is 16.6. The molecule has 36 heavy (non-hydrogen) atoms. The topological polar surface area (TPSA) is 64.3 Å². The minimum Gasteiger partial charge on any atom is -0.446 e. The molecule has 4 aliphatic rings. The number of carbonyl (C=O) groups excluding carboxylic acids is 1. The summed E-state index contributed by atoms with van der Waals surface area (Å²) in [6, 6.07) is 0.0655. The fraction of sp³-hybridized carbons (Fsp3) is 0.906. The molecule has 0 spiro atoms. The van der Waals surface area contributed by atoms with Crippen LogP contribution in [0.4, 0.5) is 4.79 Å². The lowest BCUT2D eigenvalue weighted by Crippen LogP contribution is -2.51. The second-order valence-electron chi connectivity index (χ2n) is 14.2. The highest BCUT2D eigenvalue weighted by Crippen LogP contribution is 2.67. The fourth-order valence-electron chi connectivity index (χ4n) is 9.46. The van der Waals surface area contributed by atoms with Gasteiger partial charge in [-0.1, -0.05) is 65.5 Å². The Kier molecular flexibility index (Phi) is 8.85. The van der Waals surface area contributed by atoms with Gasteiger partial charge in [0, 0.05) is 12.5 Å². The van der Waals surface area contributed by atoms with Gasteiger partial charge in [0.2, 0.25) is 0 Å². The molecule has 4 aliphatic carbocycles. The zero-order valence-corrected chi connectivity index (χ0v) is 24.3. The molecule has 0 heterocycles. The smallest absolute Gasteiger partial charge is 0.407 e. The molecule has 206 valence electrons. The van der Waals surface area contributed by atoms with Gasteiger partial charge in [-0.15, -0.1) is 0 Å². The van der Waals surface area contributed by atoms with Gasteiger partial charge in [0.15, 0.2) is 0 Å². The lowest BCUT2D eigenvalue weighted by molar-refractivity contribution is -0.0582. The Hall–Kier alpha value is -1.03. The largest absolute Gasteiger partial charge is 0.446 e. The molecule has 0 saturated heterocycles. The van der Waals surface area contributed by atoms with Crippen molar-refractivity contribution in [2.45, 2.75) is 131 Å². The molecule has 4 nitrogen and oxygen atoms in total. The summed E-state index contributed by atoms with van der Waals surface area (Å²) in [5, 5.41) is 2.95. The maximum absolute atomic E-state index is 12.4. The molecule has 0 aromatic carbocycles. The molecule has 4 heteroatoms. The Balaban J connectivity index is 1.39. The van der Waals surface area contributed by atoms with E-state index < -0.39 is 0 Å². The number of ether oxygens (including phenoxy) is 1. The minimum absolute atomic E-state index is 0.0161. The fourth-order valence-corrected chi connectivity index (χ4v) is 9.46. The predicted octanol–water partition coefficient (Wildman–Crippen LogP) is 7.86. The summed E-state index contributed by atoms with van der Waals surface area (Å²) < 4.78 is 5.88. The number of rotatable bonds is 9. The monoisotopic (exact) mass is 500 g/mol. The minimum atomic E-state index is -0.271. The molecule has 4 rings (SSSR count). The number of alkyl carbamates (subject to hydrolysis) is 1. The van der Waals surface area contributed by atoms with Crippen LogP contribution in [0.1, 0.15) is 119 Å². The first-order chi connectivity index (χ1) is 17.1. The third-order valence-electron chi connectivity index (χ3n) is 11.5. The van der Waals surface area contributed by atoms with Gasteiger partial charge in [-0.25, -0.2) is 4.79 Å². The van der Waals surface area contributed by atoms with Gasteiger partial charge in [-0.05, 0) is 111 Å². The molecule has 9 atom stereocenters. The van der Waals surface area contributed by atoms with Crippen LogP contribution in [0.5, 0.6) is 0 Å². The lowest BCUT2D eigenvalue weighted by Gasteiger charge is -2.58. The number of nitrogens with one attached hydrogen (secondary N) is 1. The summed E-state index contributed by atoms with van der Waals surface area (Å²) in [6.07, 6.45) is 17.4. The van der Waals surface area contributed by atoms with E-state index in [4.69, 9.17) is 10.5 Å². The molecule has 3 N–H and O–H groups in total. The van der Waals surface area contributed by atoms with Gasteiger partial charge < -0.3 is 15.8 Å². The normalized spacial score (nSPS) is 39.4. The number of allylic oxidation sites excluding steroid dienone is 1. The first-order valence-corrected chi connectivity index (χ1v) is 15.4. The van der Waals surface area contributed by atoms with Gasteiger partial charge in [-0.3, -0.25) is 0 Å². The van der Waals surface area contributed by atoms with E-state index in [-0.39, 0.29) is 18.2 Å². The van der Waals surface area contributed by atoms with E-state index in [2.05, 4.69) is 46.0 Å². The average Bonchev–Trinajstić information content (AvgIpc) is 3.16. The third kappa shape index (κ3) is 5.54. The zero-order valence-electron chi connectivity index (χ0n) is 24.3. The molecule has 0 bridgehead atoms. The third-order valence-corrected chi connectivity index (χ3v) is 11.5. The number of nitrogens with two attached hydrogens (primary N) is 1. The van der Waals surface area contributed by atoms with E-state index in [1.165, 1.54) is 51.4 Å². The van der Waals surface area contributed by atoms with Crippen molar-refractivity contribution in [1.82, 2.24) is 5.32 Å². The molecule has 0 aromatic rings. The number of fused-ring (bicyclic) bond motifs is 5. The number of carbonyl (C=O) groups is 1. The van der Waals surface area contributed by atoms with Crippen LogP contribution in [0.3, 0.4) is 0 Å². The van der Waals surface area contributed by atoms with Crippen LogP contribution < -0.4 is 11.1 Å². The van der Waals surface area contributed by atoms with Crippen LogP contribution in [0.25, 0.3) is 0 Å². The van der Waals surface area contributed by atoms with Crippen LogP contribution in [0, 0.1) is 46.3 Å². The number of amides is 1. The van der Waals surface area contributed by atoms with Crippen molar-refractivity contribution in [3.05, 3.63) is 11.6 Å². The molecular weight excluding hydrogens is 444 g/mol. The molecule has 3 fully saturated rings. The van der Waals surface area contributed by atoms with Crippen molar-refractivity contribution in [3.8, 4) is 0 Å². The molecule has 1 amide bonds. The van der Waals surface area contributed by atoms with Crippen LogP contribution in [0.2, 0.25) is 0 Å². The van der Waals surface area contributed by atoms with Crippen molar-refractivity contribution in [1.29, 1.82) is 0 Å². The molecule has 0 aromatic heterocycles. The number of hydrogen-bond acceptors (Lipinski definition) is 3.